The van der Waals surface area contributed by atoms with Crippen LogP contribution in [0.3, 0.4) is 0 Å². The molecular weight excluding hydrogens is 492 g/mol. The van der Waals surface area contributed by atoms with Crippen LogP contribution in [0.2, 0.25) is 0 Å². The molecular formula is C31H48N4O2S. The maximum atomic E-state index is 12.8. The Hall–Kier alpha value is -2.54. The van der Waals surface area contributed by atoms with Crippen LogP contribution in [0.25, 0.3) is 0 Å². The van der Waals surface area contributed by atoms with Crippen molar-refractivity contribution in [2.45, 2.75) is 79.2 Å². The Morgan fingerprint density at radius 2 is 1.79 bits per heavy atom. The van der Waals surface area contributed by atoms with E-state index in [1.54, 1.807) is 6.21 Å². The molecule has 2 heterocycles. The lowest BCUT2D eigenvalue weighted by atomic mass is 9.94. The molecule has 3 rings (SSSR count). The fourth-order valence-corrected chi connectivity index (χ4v) is 5.13. The predicted octanol–water partition coefficient (Wildman–Crippen LogP) is 7.11. The summed E-state index contributed by atoms with van der Waals surface area (Å²) in [5.74, 6) is 1.51. The number of nitrogens with zero attached hydrogens (tertiary/aromatic N) is 4. The Kier molecular flexibility index (Phi) is 14.3. The highest BCUT2D eigenvalue weighted by Gasteiger charge is 2.30. The van der Waals surface area contributed by atoms with E-state index in [0.717, 1.165) is 81.9 Å². The van der Waals surface area contributed by atoms with Crippen LogP contribution in [0.1, 0.15) is 71.8 Å². The molecule has 1 fully saturated rings. The van der Waals surface area contributed by atoms with Gasteiger partial charge in [-0.3, -0.25) is 9.79 Å². The maximum absolute atomic E-state index is 12.8. The largest absolute Gasteiger partial charge is 0.490 e. The van der Waals surface area contributed by atoms with Crippen molar-refractivity contribution >= 4 is 29.8 Å². The van der Waals surface area contributed by atoms with E-state index in [0.29, 0.717) is 17.7 Å². The summed E-state index contributed by atoms with van der Waals surface area (Å²) in [7, 11) is 0. The number of amides is 1. The lowest BCUT2D eigenvalue weighted by Gasteiger charge is -2.37. The van der Waals surface area contributed by atoms with Gasteiger partial charge in [-0.1, -0.05) is 52.5 Å². The Bertz CT molecular complexity index is 970. The molecule has 1 saturated heterocycles. The number of para-hydroxylation sites is 1. The molecule has 0 aliphatic carbocycles. The smallest absolute Gasteiger partial charge is 0.225 e. The number of carbonyl (C=O) groups excluding carboxylic acids is 1. The van der Waals surface area contributed by atoms with E-state index >= 15 is 0 Å². The van der Waals surface area contributed by atoms with E-state index in [9.17, 15) is 4.79 Å². The SMILES string of the molecule is C=C1N=CC=C(N2CCC(C(=O)N(CCC)CCC)CC2)/C1=N/SC.CCC(CC)Oc1ccccc1C. The average Bonchev–Trinajstić information content (AvgIpc) is 2.94. The van der Waals surface area contributed by atoms with Crippen molar-refractivity contribution in [3.05, 3.63) is 53.9 Å². The fourth-order valence-electron chi connectivity index (χ4n) is 4.75. The van der Waals surface area contributed by atoms with Crippen LogP contribution in [0.4, 0.5) is 0 Å². The summed E-state index contributed by atoms with van der Waals surface area (Å²) < 4.78 is 10.3. The minimum absolute atomic E-state index is 0.149. The molecule has 210 valence electrons. The summed E-state index contributed by atoms with van der Waals surface area (Å²) in [6.07, 6.45) is 12.1. The summed E-state index contributed by atoms with van der Waals surface area (Å²) in [6, 6.07) is 8.17. The number of benzene rings is 1. The minimum Gasteiger partial charge on any atom is -0.490 e. The highest BCUT2D eigenvalue weighted by atomic mass is 32.2. The van der Waals surface area contributed by atoms with E-state index in [1.165, 1.54) is 17.5 Å². The lowest BCUT2D eigenvalue weighted by molar-refractivity contribution is -0.137. The van der Waals surface area contributed by atoms with Gasteiger partial charge in [0.05, 0.1) is 17.5 Å². The number of rotatable bonds is 11. The average molecular weight is 541 g/mol. The molecule has 0 radical (unpaired) electrons. The van der Waals surface area contributed by atoms with Gasteiger partial charge in [0.15, 0.2) is 0 Å². The molecule has 0 spiro atoms. The topological polar surface area (TPSA) is 57.5 Å². The van der Waals surface area contributed by atoms with Crippen LogP contribution in [-0.2, 0) is 4.79 Å². The summed E-state index contributed by atoms with van der Waals surface area (Å²) in [6.45, 7) is 18.2. The Balaban J connectivity index is 0.000000328. The molecule has 0 atom stereocenters. The second-order valence-corrected chi connectivity index (χ2v) is 10.4. The molecule has 0 unspecified atom stereocenters. The van der Waals surface area contributed by atoms with E-state index < -0.39 is 0 Å². The van der Waals surface area contributed by atoms with Crippen molar-refractivity contribution in [2.75, 3.05) is 32.4 Å². The van der Waals surface area contributed by atoms with Crippen LogP contribution in [0.15, 0.2) is 57.7 Å². The second kappa shape index (κ2) is 17.1. The van der Waals surface area contributed by atoms with Crippen molar-refractivity contribution in [1.82, 2.24) is 9.80 Å². The number of likely N-dealkylation sites (tertiary alicyclic amines) is 1. The number of allylic oxidation sites excluding steroid dienone is 1. The van der Waals surface area contributed by atoms with Gasteiger partial charge >= 0.3 is 0 Å². The highest BCUT2D eigenvalue weighted by molar-refractivity contribution is 7.97. The van der Waals surface area contributed by atoms with E-state index in [-0.39, 0.29) is 5.92 Å². The van der Waals surface area contributed by atoms with Crippen molar-refractivity contribution in [2.24, 2.45) is 15.3 Å². The number of aryl methyl sites for hydroxylation is 1. The third kappa shape index (κ3) is 9.33. The zero-order valence-corrected chi connectivity index (χ0v) is 25.2. The number of carbonyl (C=O) groups is 1. The maximum Gasteiger partial charge on any atom is 0.225 e. The first-order valence-corrected chi connectivity index (χ1v) is 15.4. The summed E-state index contributed by atoms with van der Waals surface area (Å²) in [4.78, 5) is 21.4. The highest BCUT2D eigenvalue weighted by Crippen LogP contribution is 2.26. The van der Waals surface area contributed by atoms with Gasteiger partial charge in [-0.25, -0.2) is 4.40 Å². The molecule has 2 aliphatic heterocycles. The first-order valence-electron chi connectivity index (χ1n) is 14.2. The summed E-state index contributed by atoms with van der Waals surface area (Å²) >= 11 is 1.42. The molecule has 38 heavy (non-hydrogen) atoms. The van der Waals surface area contributed by atoms with Crippen LogP contribution in [-0.4, -0.2) is 66.2 Å². The van der Waals surface area contributed by atoms with Crippen LogP contribution >= 0.6 is 11.9 Å². The molecule has 6 nitrogen and oxygen atoms in total. The molecule has 2 aliphatic rings. The number of piperidine rings is 1. The van der Waals surface area contributed by atoms with Crippen LogP contribution < -0.4 is 4.74 Å². The molecule has 0 saturated carbocycles. The van der Waals surface area contributed by atoms with Gasteiger partial charge in [-0.05, 0) is 75.1 Å². The number of hydrogen-bond donors (Lipinski definition) is 0. The van der Waals surface area contributed by atoms with Gasteiger partial charge in [0.2, 0.25) is 5.91 Å². The van der Waals surface area contributed by atoms with Crippen LogP contribution in [0, 0.1) is 12.8 Å². The summed E-state index contributed by atoms with van der Waals surface area (Å²) in [5, 5.41) is 0. The molecule has 1 aromatic rings. The first-order chi connectivity index (χ1) is 18.4. The molecule has 7 heteroatoms. The molecule has 1 aromatic carbocycles. The van der Waals surface area contributed by atoms with Crippen molar-refractivity contribution in [1.29, 1.82) is 0 Å². The quantitative estimate of drug-likeness (QED) is 0.281. The third-order valence-electron chi connectivity index (χ3n) is 6.94. The van der Waals surface area contributed by atoms with Crippen molar-refractivity contribution in [3.63, 3.8) is 0 Å². The first kappa shape index (κ1) is 31.7. The predicted molar refractivity (Wildman–Crippen MR) is 164 cm³/mol. The normalized spacial score (nSPS) is 16.8. The fraction of sp³-hybridized carbons (Fsp3) is 0.581. The van der Waals surface area contributed by atoms with Gasteiger partial charge in [0.25, 0.3) is 0 Å². The number of dihydropyridines is 1. The zero-order valence-electron chi connectivity index (χ0n) is 24.4. The Morgan fingerprint density at radius 3 is 2.34 bits per heavy atom. The lowest BCUT2D eigenvalue weighted by Crippen LogP contribution is -2.44. The van der Waals surface area contributed by atoms with Crippen LogP contribution in [0.5, 0.6) is 5.75 Å². The zero-order chi connectivity index (χ0) is 27.9. The van der Waals surface area contributed by atoms with E-state index in [2.05, 4.69) is 66.5 Å². The van der Waals surface area contributed by atoms with Gasteiger partial charge in [-0.15, -0.1) is 0 Å². The van der Waals surface area contributed by atoms with Gasteiger partial charge < -0.3 is 14.5 Å². The molecule has 0 aromatic heterocycles. The monoisotopic (exact) mass is 540 g/mol. The minimum atomic E-state index is 0.149. The Labute approximate surface area is 235 Å². The number of hydrogen-bond acceptors (Lipinski definition) is 6. The van der Waals surface area contributed by atoms with Crippen molar-refractivity contribution < 1.29 is 9.53 Å². The van der Waals surface area contributed by atoms with Gasteiger partial charge in [-0.2, -0.15) is 0 Å². The molecule has 0 bridgehead atoms. The van der Waals surface area contributed by atoms with Crippen molar-refractivity contribution in [3.8, 4) is 5.75 Å². The van der Waals surface area contributed by atoms with E-state index in [4.69, 9.17) is 4.74 Å². The summed E-state index contributed by atoms with van der Waals surface area (Å²) in [5.41, 5.74) is 3.87. The third-order valence-corrected chi connectivity index (χ3v) is 7.31. The van der Waals surface area contributed by atoms with E-state index in [1.807, 2.05) is 30.5 Å². The standard InChI is InChI=1S/C19H30N4OS.C12H18O/c1-5-11-23(12-6-2)19(24)16-8-13-22(14-9-16)17-7-10-20-15(3)18(17)21-25-4;1-4-11(5-2)13-12-9-7-6-8-10(12)3/h7,10,16H,3,5-6,8-9,11-14H2,1-2,4H3;6-9,11H,4-5H2,1-3H3/b21-18+;. The van der Waals surface area contributed by atoms with Gasteiger partial charge in [0, 0.05) is 44.6 Å². The molecule has 1 amide bonds. The van der Waals surface area contributed by atoms with Gasteiger partial charge in [0.1, 0.15) is 11.5 Å². The Morgan fingerprint density at radius 1 is 1.16 bits per heavy atom. The number of aliphatic imine (C=N–C) groups is 1. The number of ether oxygens (including phenoxy) is 1. The second-order valence-electron chi connectivity index (χ2n) is 9.81. The molecule has 0 N–H and O–H groups in total.